The van der Waals surface area contributed by atoms with Crippen LogP contribution in [0, 0.1) is 5.41 Å². The first kappa shape index (κ1) is 17.2. The van der Waals surface area contributed by atoms with Gasteiger partial charge in [-0.25, -0.2) is 0 Å². The number of piperidine rings is 2. The predicted octanol–water partition coefficient (Wildman–Crippen LogP) is 2.78. The maximum Gasteiger partial charge on any atom is 0.228 e. The SMILES string of the molecule is Cl.O=C(Cc1noc2ccccc12)N1CCC2(CCNCC2)CC1. The standard InChI is InChI=1S/C18H23N3O2.ClH/c22-17(13-15-14-3-1-2-4-16(14)23-20-15)21-11-7-18(8-12-21)5-9-19-10-6-18;/h1-4,19H,5-13H2;1H. The molecule has 5 nitrogen and oxygen atoms in total. The number of nitrogens with one attached hydrogen (secondary N) is 1. The van der Waals surface area contributed by atoms with Gasteiger partial charge in [0.1, 0.15) is 5.69 Å². The molecule has 0 radical (unpaired) electrons. The molecule has 2 fully saturated rings. The van der Waals surface area contributed by atoms with E-state index in [1.807, 2.05) is 29.2 Å². The lowest BCUT2D eigenvalue weighted by molar-refractivity contribution is -0.133. The van der Waals surface area contributed by atoms with E-state index in [0.717, 1.165) is 55.7 Å². The highest BCUT2D eigenvalue weighted by molar-refractivity contribution is 5.86. The molecule has 130 valence electrons. The Morgan fingerprint density at radius 2 is 1.88 bits per heavy atom. The Bertz CT molecular complexity index is 699. The summed E-state index contributed by atoms with van der Waals surface area (Å²) in [5.41, 5.74) is 1.98. The van der Waals surface area contributed by atoms with Crippen LogP contribution in [0.15, 0.2) is 28.8 Å². The van der Waals surface area contributed by atoms with Crippen LogP contribution in [0.4, 0.5) is 0 Å². The Kier molecular flexibility index (Phi) is 5.11. The first-order valence-corrected chi connectivity index (χ1v) is 8.58. The summed E-state index contributed by atoms with van der Waals surface area (Å²) in [6.45, 7) is 4.01. The van der Waals surface area contributed by atoms with Crippen molar-refractivity contribution in [2.45, 2.75) is 32.1 Å². The summed E-state index contributed by atoms with van der Waals surface area (Å²) < 4.78 is 5.30. The van der Waals surface area contributed by atoms with Gasteiger partial charge in [0, 0.05) is 18.5 Å². The quantitative estimate of drug-likeness (QED) is 0.905. The summed E-state index contributed by atoms with van der Waals surface area (Å²) in [5, 5.41) is 8.47. The second-order valence-corrected chi connectivity index (χ2v) is 6.93. The molecule has 1 aromatic heterocycles. The maximum atomic E-state index is 12.6. The third-order valence-electron chi connectivity index (χ3n) is 5.61. The van der Waals surface area contributed by atoms with Crippen molar-refractivity contribution in [2.24, 2.45) is 5.41 Å². The molecule has 4 rings (SSSR count). The van der Waals surface area contributed by atoms with Crippen LogP contribution < -0.4 is 5.32 Å². The Balaban J connectivity index is 0.00000169. The van der Waals surface area contributed by atoms with Gasteiger partial charge >= 0.3 is 0 Å². The minimum absolute atomic E-state index is 0. The third kappa shape index (κ3) is 3.28. The van der Waals surface area contributed by atoms with Gasteiger partial charge in [-0.15, -0.1) is 12.4 Å². The van der Waals surface area contributed by atoms with Gasteiger partial charge in [-0.1, -0.05) is 17.3 Å². The number of halogens is 1. The molecule has 2 aliphatic rings. The topological polar surface area (TPSA) is 58.4 Å². The summed E-state index contributed by atoms with van der Waals surface area (Å²) >= 11 is 0. The third-order valence-corrected chi connectivity index (χ3v) is 5.61. The van der Waals surface area contributed by atoms with Crippen LogP contribution in [0.5, 0.6) is 0 Å². The highest BCUT2D eigenvalue weighted by Gasteiger charge is 2.36. The number of rotatable bonds is 2. The van der Waals surface area contributed by atoms with E-state index in [9.17, 15) is 4.79 Å². The molecule has 0 bridgehead atoms. The van der Waals surface area contributed by atoms with E-state index >= 15 is 0 Å². The van der Waals surface area contributed by atoms with Crippen LogP contribution in [-0.2, 0) is 11.2 Å². The van der Waals surface area contributed by atoms with Crippen LogP contribution in [0.3, 0.4) is 0 Å². The fraction of sp³-hybridized carbons (Fsp3) is 0.556. The van der Waals surface area contributed by atoms with Gasteiger partial charge in [0.2, 0.25) is 5.91 Å². The van der Waals surface area contributed by atoms with Crippen LogP contribution >= 0.6 is 12.4 Å². The summed E-state index contributed by atoms with van der Waals surface area (Å²) in [5.74, 6) is 0.174. The fourth-order valence-electron chi connectivity index (χ4n) is 4.01. The van der Waals surface area contributed by atoms with E-state index in [1.165, 1.54) is 12.8 Å². The molecule has 0 saturated carbocycles. The first-order valence-electron chi connectivity index (χ1n) is 8.58. The lowest BCUT2D eigenvalue weighted by Crippen LogP contribution is -2.47. The molecule has 24 heavy (non-hydrogen) atoms. The van der Waals surface area contributed by atoms with E-state index < -0.39 is 0 Å². The Labute approximate surface area is 148 Å². The first-order chi connectivity index (χ1) is 11.3. The lowest BCUT2D eigenvalue weighted by Gasteiger charge is -2.44. The highest BCUT2D eigenvalue weighted by Crippen LogP contribution is 2.39. The van der Waals surface area contributed by atoms with Crippen molar-refractivity contribution in [2.75, 3.05) is 26.2 Å². The van der Waals surface area contributed by atoms with Crippen molar-refractivity contribution in [3.05, 3.63) is 30.0 Å². The molecule has 2 saturated heterocycles. The summed E-state index contributed by atoms with van der Waals surface area (Å²) in [6, 6.07) is 7.73. The van der Waals surface area contributed by atoms with Crippen LogP contribution in [-0.4, -0.2) is 42.1 Å². The number of likely N-dealkylation sites (tertiary alicyclic amines) is 1. The van der Waals surface area contributed by atoms with E-state index in [2.05, 4.69) is 10.5 Å². The van der Waals surface area contributed by atoms with Gasteiger partial charge in [0.05, 0.1) is 6.42 Å². The normalized spacial score (nSPS) is 20.1. The number of fused-ring (bicyclic) bond motifs is 1. The van der Waals surface area contributed by atoms with Crippen molar-refractivity contribution in [3.63, 3.8) is 0 Å². The molecule has 3 heterocycles. The molecule has 0 unspecified atom stereocenters. The molecule has 1 amide bonds. The number of hydrogen-bond donors (Lipinski definition) is 1. The van der Waals surface area contributed by atoms with Crippen LogP contribution in [0.2, 0.25) is 0 Å². The molecular formula is C18H24ClN3O2. The molecule has 1 spiro atoms. The van der Waals surface area contributed by atoms with E-state index in [-0.39, 0.29) is 18.3 Å². The summed E-state index contributed by atoms with van der Waals surface area (Å²) in [7, 11) is 0. The van der Waals surface area contributed by atoms with Crippen molar-refractivity contribution in [1.82, 2.24) is 15.4 Å². The van der Waals surface area contributed by atoms with Crippen molar-refractivity contribution in [1.29, 1.82) is 0 Å². The highest BCUT2D eigenvalue weighted by atomic mass is 35.5. The average molecular weight is 350 g/mol. The number of amides is 1. The molecular weight excluding hydrogens is 326 g/mol. The van der Waals surface area contributed by atoms with Gasteiger partial charge in [0.25, 0.3) is 0 Å². The second kappa shape index (κ2) is 7.11. The van der Waals surface area contributed by atoms with Crippen LogP contribution in [0.1, 0.15) is 31.4 Å². The van der Waals surface area contributed by atoms with Gasteiger partial charge in [-0.2, -0.15) is 0 Å². The van der Waals surface area contributed by atoms with E-state index in [1.54, 1.807) is 0 Å². The molecule has 2 aromatic rings. The van der Waals surface area contributed by atoms with E-state index in [0.29, 0.717) is 11.8 Å². The summed E-state index contributed by atoms with van der Waals surface area (Å²) in [6.07, 6.45) is 5.12. The number of carbonyl (C=O) groups excluding carboxylic acids is 1. The number of benzene rings is 1. The zero-order valence-corrected chi connectivity index (χ0v) is 14.6. The number of aromatic nitrogens is 1. The average Bonchev–Trinajstić information content (AvgIpc) is 2.99. The molecule has 0 atom stereocenters. The Morgan fingerprint density at radius 1 is 1.17 bits per heavy atom. The number of nitrogens with zero attached hydrogens (tertiary/aromatic N) is 2. The van der Waals surface area contributed by atoms with Gasteiger partial charge in [-0.05, 0) is 56.3 Å². The maximum absolute atomic E-state index is 12.6. The Morgan fingerprint density at radius 3 is 2.62 bits per heavy atom. The van der Waals surface area contributed by atoms with Crippen molar-refractivity contribution < 1.29 is 9.32 Å². The van der Waals surface area contributed by atoms with Gasteiger partial charge < -0.3 is 14.7 Å². The van der Waals surface area contributed by atoms with Crippen LogP contribution in [0.25, 0.3) is 11.0 Å². The number of hydrogen-bond acceptors (Lipinski definition) is 4. The molecule has 2 aliphatic heterocycles. The molecule has 0 aliphatic carbocycles. The molecule has 1 aromatic carbocycles. The number of carbonyl (C=O) groups is 1. The summed E-state index contributed by atoms with van der Waals surface area (Å²) in [4.78, 5) is 14.6. The van der Waals surface area contributed by atoms with E-state index in [4.69, 9.17) is 4.52 Å². The van der Waals surface area contributed by atoms with Crippen molar-refractivity contribution >= 4 is 29.3 Å². The minimum atomic E-state index is 0. The predicted molar refractivity (Wildman–Crippen MR) is 95.3 cm³/mol. The zero-order chi connectivity index (χ0) is 15.7. The fourth-order valence-corrected chi connectivity index (χ4v) is 4.01. The zero-order valence-electron chi connectivity index (χ0n) is 13.8. The molecule has 1 N–H and O–H groups in total. The Hall–Kier alpha value is -1.59. The smallest absolute Gasteiger partial charge is 0.228 e. The lowest BCUT2D eigenvalue weighted by atomic mass is 9.71. The monoisotopic (exact) mass is 349 g/mol. The largest absolute Gasteiger partial charge is 0.356 e. The molecule has 6 heteroatoms. The minimum Gasteiger partial charge on any atom is -0.356 e. The van der Waals surface area contributed by atoms with Crippen molar-refractivity contribution in [3.8, 4) is 0 Å². The second-order valence-electron chi connectivity index (χ2n) is 6.93. The van der Waals surface area contributed by atoms with Gasteiger partial charge in [-0.3, -0.25) is 4.79 Å². The van der Waals surface area contributed by atoms with Gasteiger partial charge in [0.15, 0.2) is 5.58 Å². The number of para-hydroxylation sites is 1.